The molecule has 3 heteroatoms. The van der Waals surface area contributed by atoms with Gasteiger partial charge in [0.1, 0.15) is 0 Å². The van der Waals surface area contributed by atoms with E-state index in [1.807, 2.05) is 11.8 Å². The SMILES string of the molecule is CC1CN(CCSc2ccccc2)CCCN1. The van der Waals surface area contributed by atoms with Crippen LogP contribution in [0.15, 0.2) is 35.2 Å². The van der Waals surface area contributed by atoms with Crippen molar-refractivity contribution >= 4 is 11.8 Å². The second-order valence-electron chi connectivity index (χ2n) is 4.67. The van der Waals surface area contributed by atoms with Crippen molar-refractivity contribution in [3.63, 3.8) is 0 Å². The van der Waals surface area contributed by atoms with Gasteiger partial charge in [0.2, 0.25) is 0 Å². The van der Waals surface area contributed by atoms with Gasteiger partial charge in [0.25, 0.3) is 0 Å². The molecule has 0 radical (unpaired) electrons. The summed E-state index contributed by atoms with van der Waals surface area (Å²) in [6.45, 7) is 7.08. The lowest BCUT2D eigenvalue weighted by molar-refractivity contribution is 0.289. The average molecular weight is 250 g/mol. The van der Waals surface area contributed by atoms with Gasteiger partial charge in [-0.15, -0.1) is 11.8 Å². The van der Waals surface area contributed by atoms with E-state index in [2.05, 4.69) is 47.5 Å². The fourth-order valence-corrected chi connectivity index (χ4v) is 3.14. The van der Waals surface area contributed by atoms with Crippen molar-refractivity contribution in [3.05, 3.63) is 30.3 Å². The molecule has 1 fully saturated rings. The van der Waals surface area contributed by atoms with Gasteiger partial charge in [0.05, 0.1) is 0 Å². The van der Waals surface area contributed by atoms with E-state index in [-0.39, 0.29) is 0 Å². The van der Waals surface area contributed by atoms with E-state index in [9.17, 15) is 0 Å². The molecule has 2 rings (SSSR count). The van der Waals surface area contributed by atoms with Gasteiger partial charge in [-0.25, -0.2) is 0 Å². The minimum Gasteiger partial charge on any atom is -0.313 e. The Morgan fingerprint density at radius 2 is 2.18 bits per heavy atom. The lowest BCUT2D eigenvalue weighted by Gasteiger charge is -2.21. The number of hydrogen-bond acceptors (Lipinski definition) is 3. The first-order valence-electron chi connectivity index (χ1n) is 6.48. The van der Waals surface area contributed by atoms with Gasteiger partial charge in [-0.1, -0.05) is 18.2 Å². The molecular weight excluding hydrogens is 228 g/mol. The highest BCUT2D eigenvalue weighted by Gasteiger charge is 2.13. The van der Waals surface area contributed by atoms with Crippen LogP contribution >= 0.6 is 11.8 Å². The molecule has 0 spiro atoms. The van der Waals surface area contributed by atoms with E-state index in [0.29, 0.717) is 6.04 Å². The van der Waals surface area contributed by atoms with Crippen molar-refractivity contribution in [1.82, 2.24) is 10.2 Å². The highest BCUT2D eigenvalue weighted by molar-refractivity contribution is 7.99. The van der Waals surface area contributed by atoms with Gasteiger partial charge in [0, 0.05) is 29.8 Å². The molecule has 1 aliphatic heterocycles. The number of rotatable bonds is 4. The normalized spacial score (nSPS) is 22.3. The first kappa shape index (κ1) is 12.9. The van der Waals surface area contributed by atoms with Crippen LogP contribution in [0.25, 0.3) is 0 Å². The summed E-state index contributed by atoms with van der Waals surface area (Å²) in [5.74, 6) is 1.19. The van der Waals surface area contributed by atoms with Crippen molar-refractivity contribution in [3.8, 4) is 0 Å². The van der Waals surface area contributed by atoms with Crippen molar-refractivity contribution in [2.75, 3.05) is 31.9 Å². The van der Waals surface area contributed by atoms with E-state index in [1.54, 1.807) is 0 Å². The molecule has 94 valence electrons. The zero-order chi connectivity index (χ0) is 11.9. The van der Waals surface area contributed by atoms with Crippen LogP contribution < -0.4 is 5.32 Å². The van der Waals surface area contributed by atoms with Crippen LogP contribution in [-0.2, 0) is 0 Å². The molecule has 1 aromatic rings. The third kappa shape index (κ3) is 4.70. The van der Waals surface area contributed by atoms with Gasteiger partial charge in [-0.2, -0.15) is 0 Å². The van der Waals surface area contributed by atoms with Crippen molar-refractivity contribution in [2.45, 2.75) is 24.3 Å². The van der Waals surface area contributed by atoms with E-state index in [1.165, 1.54) is 43.2 Å². The zero-order valence-corrected chi connectivity index (χ0v) is 11.4. The van der Waals surface area contributed by atoms with Crippen LogP contribution in [0.2, 0.25) is 0 Å². The summed E-state index contributed by atoms with van der Waals surface area (Å²) >= 11 is 1.96. The minimum absolute atomic E-state index is 0.638. The Bertz CT molecular complexity index is 315. The zero-order valence-electron chi connectivity index (χ0n) is 10.6. The standard InChI is InChI=1S/C14H22N2S/c1-13-12-16(9-5-8-15-13)10-11-17-14-6-3-2-4-7-14/h2-4,6-7,13,15H,5,8-12H2,1H3. The maximum absolute atomic E-state index is 3.53. The van der Waals surface area contributed by atoms with Crippen molar-refractivity contribution in [2.24, 2.45) is 0 Å². The van der Waals surface area contributed by atoms with E-state index in [4.69, 9.17) is 0 Å². The second-order valence-corrected chi connectivity index (χ2v) is 5.84. The molecule has 0 bridgehead atoms. The van der Waals surface area contributed by atoms with Gasteiger partial charge < -0.3 is 10.2 Å². The van der Waals surface area contributed by atoms with Crippen molar-refractivity contribution < 1.29 is 0 Å². The molecule has 0 aliphatic carbocycles. The number of hydrogen-bond donors (Lipinski definition) is 1. The van der Waals surface area contributed by atoms with Gasteiger partial charge >= 0.3 is 0 Å². The van der Waals surface area contributed by atoms with E-state index >= 15 is 0 Å². The molecule has 1 unspecified atom stereocenters. The van der Waals surface area contributed by atoms with Gasteiger partial charge in [-0.05, 0) is 38.6 Å². The fraction of sp³-hybridized carbons (Fsp3) is 0.571. The fourth-order valence-electron chi connectivity index (χ4n) is 2.21. The molecule has 1 aliphatic rings. The number of nitrogens with zero attached hydrogens (tertiary/aromatic N) is 1. The Labute approximate surface area is 109 Å². The first-order chi connectivity index (χ1) is 8.34. The number of benzene rings is 1. The Kier molecular flexibility index (Phi) is 5.36. The molecule has 1 saturated heterocycles. The van der Waals surface area contributed by atoms with Crippen LogP contribution in [0.3, 0.4) is 0 Å². The minimum atomic E-state index is 0.638. The quantitative estimate of drug-likeness (QED) is 0.827. The van der Waals surface area contributed by atoms with Crippen LogP contribution in [0.4, 0.5) is 0 Å². The molecule has 1 atom stereocenters. The molecule has 1 heterocycles. The predicted molar refractivity (Wildman–Crippen MR) is 75.7 cm³/mol. The molecule has 0 saturated carbocycles. The molecule has 1 N–H and O–H groups in total. The molecule has 1 aromatic carbocycles. The third-order valence-electron chi connectivity index (χ3n) is 3.10. The molecule has 2 nitrogen and oxygen atoms in total. The van der Waals surface area contributed by atoms with Crippen LogP contribution in [0, 0.1) is 0 Å². The molecule has 17 heavy (non-hydrogen) atoms. The lowest BCUT2D eigenvalue weighted by atomic mass is 10.3. The largest absolute Gasteiger partial charge is 0.313 e. The number of thioether (sulfide) groups is 1. The maximum Gasteiger partial charge on any atom is 0.0166 e. The van der Waals surface area contributed by atoms with Gasteiger partial charge in [-0.3, -0.25) is 0 Å². The highest BCUT2D eigenvalue weighted by atomic mass is 32.2. The van der Waals surface area contributed by atoms with E-state index in [0.717, 1.165) is 0 Å². The molecule has 0 amide bonds. The van der Waals surface area contributed by atoms with Crippen LogP contribution in [-0.4, -0.2) is 42.9 Å². The average Bonchev–Trinajstić information content (AvgIpc) is 2.55. The Morgan fingerprint density at radius 1 is 1.35 bits per heavy atom. The molecular formula is C14H22N2S. The summed E-state index contributed by atoms with van der Waals surface area (Å²) in [5.41, 5.74) is 0. The summed E-state index contributed by atoms with van der Waals surface area (Å²) < 4.78 is 0. The topological polar surface area (TPSA) is 15.3 Å². The Hall–Kier alpha value is -0.510. The third-order valence-corrected chi connectivity index (χ3v) is 4.09. The number of nitrogens with one attached hydrogen (secondary N) is 1. The summed E-state index contributed by atoms with van der Waals surface area (Å²) in [6.07, 6.45) is 1.28. The highest BCUT2D eigenvalue weighted by Crippen LogP contribution is 2.17. The lowest BCUT2D eigenvalue weighted by Crippen LogP contribution is -2.36. The molecule has 0 aromatic heterocycles. The van der Waals surface area contributed by atoms with Gasteiger partial charge in [0.15, 0.2) is 0 Å². The predicted octanol–water partition coefficient (Wildman–Crippen LogP) is 2.46. The first-order valence-corrected chi connectivity index (χ1v) is 7.47. The second kappa shape index (κ2) is 7.04. The summed E-state index contributed by atoms with van der Waals surface area (Å²) in [7, 11) is 0. The summed E-state index contributed by atoms with van der Waals surface area (Å²) in [5, 5.41) is 3.53. The summed E-state index contributed by atoms with van der Waals surface area (Å²) in [6, 6.07) is 11.3. The summed E-state index contributed by atoms with van der Waals surface area (Å²) in [4.78, 5) is 3.97. The Balaban J connectivity index is 1.70. The maximum atomic E-state index is 3.53. The smallest absolute Gasteiger partial charge is 0.0166 e. The monoisotopic (exact) mass is 250 g/mol. The van der Waals surface area contributed by atoms with Crippen molar-refractivity contribution in [1.29, 1.82) is 0 Å². The van der Waals surface area contributed by atoms with E-state index < -0.39 is 0 Å². The Morgan fingerprint density at radius 3 is 3.00 bits per heavy atom. The van der Waals surface area contributed by atoms with Crippen LogP contribution in [0.1, 0.15) is 13.3 Å². The van der Waals surface area contributed by atoms with Crippen LogP contribution in [0.5, 0.6) is 0 Å².